The molecule has 25 heavy (non-hydrogen) atoms. The summed E-state index contributed by atoms with van der Waals surface area (Å²) in [5.41, 5.74) is 0. The van der Waals surface area contributed by atoms with Crippen molar-refractivity contribution in [2.75, 3.05) is 6.54 Å². The highest BCUT2D eigenvalue weighted by Crippen LogP contribution is 2.17. The highest BCUT2D eigenvalue weighted by Gasteiger charge is 2.09. The molecule has 0 heterocycles. The van der Waals surface area contributed by atoms with Crippen molar-refractivity contribution in [3.63, 3.8) is 0 Å². The third-order valence-electron chi connectivity index (χ3n) is 3.86. The predicted octanol–water partition coefficient (Wildman–Crippen LogP) is 7.31. The van der Waals surface area contributed by atoms with E-state index in [-0.39, 0.29) is 5.92 Å². The molecule has 0 amide bonds. The molecule has 4 heteroatoms. The van der Waals surface area contributed by atoms with Gasteiger partial charge in [0.2, 0.25) is 0 Å². The highest BCUT2D eigenvalue weighted by molar-refractivity contribution is 5.69. The molecule has 0 fully saturated rings. The summed E-state index contributed by atoms with van der Waals surface area (Å²) < 4.78 is 0. The summed E-state index contributed by atoms with van der Waals surface area (Å²) in [7, 11) is 0. The normalized spacial score (nSPS) is 11.2. The SMILES string of the molecule is CC(C)CCCC(C)C(=O)O.CCC.CCCC(CCC)CCN=O. The molecule has 0 aliphatic rings. The highest BCUT2D eigenvalue weighted by atomic mass is 16.4. The molecule has 0 rings (SSSR count). The van der Waals surface area contributed by atoms with Crippen LogP contribution < -0.4 is 0 Å². The fourth-order valence-corrected chi connectivity index (χ4v) is 2.44. The molecule has 0 aliphatic carbocycles. The molecule has 1 N–H and O–H groups in total. The molecule has 0 aliphatic heterocycles. The minimum absolute atomic E-state index is 0.172. The van der Waals surface area contributed by atoms with Crippen molar-refractivity contribution in [1.29, 1.82) is 0 Å². The summed E-state index contributed by atoms with van der Waals surface area (Å²) in [6.45, 7) is 15.2. The number of carboxylic acid groups (broad SMARTS) is 1. The molecule has 0 radical (unpaired) electrons. The average Bonchev–Trinajstić information content (AvgIpc) is 2.54. The Morgan fingerprint density at radius 1 is 0.880 bits per heavy atom. The van der Waals surface area contributed by atoms with Crippen molar-refractivity contribution < 1.29 is 9.90 Å². The second kappa shape index (κ2) is 23.1. The average molecular weight is 360 g/mol. The first-order valence-corrected chi connectivity index (χ1v) is 10.3. The van der Waals surface area contributed by atoms with Crippen LogP contribution in [0.5, 0.6) is 0 Å². The first-order valence-electron chi connectivity index (χ1n) is 10.3. The van der Waals surface area contributed by atoms with Gasteiger partial charge in [0.15, 0.2) is 0 Å². The third kappa shape index (κ3) is 28.2. The summed E-state index contributed by atoms with van der Waals surface area (Å²) in [5, 5.41) is 11.4. The Balaban J connectivity index is -0.000000334. The molecule has 0 bridgehead atoms. The fourth-order valence-electron chi connectivity index (χ4n) is 2.44. The van der Waals surface area contributed by atoms with E-state index in [1.165, 1.54) is 32.1 Å². The fraction of sp³-hybridized carbons (Fsp3) is 0.952. The molecule has 0 aromatic carbocycles. The van der Waals surface area contributed by atoms with Crippen LogP contribution in [-0.4, -0.2) is 17.6 Å². The van der Waals surface area contributed by atoms with E-state index < -0.39 is 5.97 Å². The second-order valence-corrected chi connectivity index (χ2v) is 7.36. The van der Waals surface area contributed by atoms with Gasteiger partial charge in [-0.3, -0.25) is 4.79 Å². The zero-order valence-corrected chi connectivity index (χ0v) is 18.0. The van der Waals surface area contributed by atoms with Crippen molar-refractivity contribution >= 4 is 5.97 Å². The molecular formula is C21H45NO3. The van der Waals surface area contributed by atoms with Crippen LogP contribution in [0.3, 0.4) is 0 Å². The van der Waals surface area contributed by atoms with Gasteiger partial charge in [0.1, 0.15) is 0 Å². The van der Waals surface area contributed by atoms with E-state index in [1.807, 2.05) is 0 Å². The Bertz CT molecular complexity index is 274. The number of carbonyl (C=O) groups is 1. The van der Waals surface area contributed by atoms with Gasteiger partial charge in [0, 0.05) is 0 Å². The van der Waals surface area contributed by atoms with E-state index in [0.29, 0.717) is 12.5 Å². The number of nitroso groups, excluding NO2 is 1. The van der Waals surface area contributed by atoms with E-state index >= 15 is 0 Å². The van der Waals surface area contributed by atoms with E-state index in [2.05, 4.69) is 46.7 Å². The van der Waals surface area contributed by atoms with Gasteiger partial charge in [-0.25, -0.2) is 0 Å². The molecule has 0 spiro atoms. The van der Waals surface area contributed by atoms with Gasteiger partial charge in [0.05, 0.1) is 12.5 Å². The van der Waals surface area contributed by atoms with Gasteiger partial charge in [-0.05, 0) is 24.7 Å². The summed E-state index contributed by atoms with van der Waals surface area (Å²) in [6.07, 6.45) is 10.2. The van der Waals surface area contributed by atoms with Crippen LogP contribution in [-0.2, 0) is 4.79 Å². The molecule has 4 nitrogen and oxygen atoms in total. The molecule has 1 atom stereocenters. The van der Waals surface area contributed by atoms with Crippen LogP contribution in [0, 0.1) is 22.7 Å². The van der Waals surface area contributed by atoms with Crippen LogP contribution in [0.2, 0.25) is 0 Å². The largest absolute Gasteiger partial charge is 0.481 e. The number of carboxylic acids is 1. The van der Waals surface area contributed by atoms with Crippen LogP contribution in [0.25, 0.3) is 0 Å². The van der Waals surface area contributed by atoms with Gasteiger partial charge >= 0.3 is 5.97 Å². The van der Waals surface area contributed by atoms with Crippen LogP contribution in [0.1, 0.15) is 106 Å². The zero-order valence-electron chi connectivity index (χ0n) is 18.0. The van der Waals surface area contributed by atoms with Gasteiger partial charge in [0.25, 0.3) is 0 Å². The van der Waals surface area contributed by atoms with E-state index in [0.717, 1.165) is 31.6 Å². The number of hydrogen-bond donors (Lipinski definition) is 1. The zero-order chi connectivity index (χ0) is 20.1. The number of aliphatic carboxylic acids is 1. The quantitative estimate of drug-likeness (QED) is 0.371. The summed E-state index contributed by atoms with van der Waals surface area (Å²) in [5.74, 6) is 0.584. The van der Waals surface area contributed by atoms with Crippen molar-refractivity contribution in [1.82, 2.24) is 0 Å². The van der Waals surface area contributed by atoms with Crippen LogP contribution in [0.15, 0.2) is 5.18 Å². The summed E-state index contributed by atoms with van der Waals surface area (Å²) in [4.78, 5) is 20.2. The Hall–Kier alpha value is -0.930. The Morgan fingerprint density at radius 2 is 1.36 bits per heavy atom. The van der Waals surface area contributed by atoms with E-state index in [9.17, 15) is 9.70 Å². The molecule has 0 saturated carbocycles. The molecule has 0 aromatic rings. The summed E-state index contributed by atoms with van der Waals surface area (Å²) >= 11 is 0. The first-order chi connectivity index (χ1) is 11.8. The van der Waals surface area contributed by atoms with Crippen LogP contribution in [0.4, 0.5) is 0 Å². The minimum Gasteiger partial charge on any atom is -0.481 e. The van der Waals surface area contributed by atoms with Gasteiger partial charge in [-0.2, -0.15) is 4.91 Å². The van der Waals surface area contributed by atoms with Gasteiger partial charge in [-0.15, -0.1) is 0 Å². The Morgan fingerprint density at radius 3 is 1.68 bits per heavy atom. The first kappa shape index (κ1) is 28.9. The third-order valence-corrected chi connectivity index (χ3v) is 3.86. The van der Waals surface area contributed by atoms with Crippen molar-refractivity contribution in [3.05, 3.63) is 4.91 Å². The summed E-state index contributed by atoms with van der Waals surface area (Å²) in [6, 6.07) is 0. The lowest BCUT2D eigenvalue weighted by Crippen LogP contribution is -2.09. The maximum atomic E-state index is 10.4. The minimum atomic E-state index is -0.672. The van der Waals surface area contributed by atoms with Gasteiger partial charge < -0.3 is 5.11 Å². The van der Waals surface area contributed by atoms with E-state index in [4.69, 9.17) is 5.11 Å². The molecule has 0 aromatic heterocycles. The predicted molar refractivity (Wildman–Crippen MR) is 110 cm³/mol. The molecule has 152 valence electrons. The number of hydrogen-bond acceptors (Lipinski definition) is 3. The molecule has 0 saturated heterocycles. The standard InChI is InChI=1S/C9H19NO.C9H18O2.C3H8/c1-3-5-9(6-4-2)7-8-10-11;1-7(2)5-4-6-8(3)9(10)11;1-3-2/h9H,3-8H2,1-2H3;7-8H,4-6H2,1-3H3,(H,10,11);3H2,1-2H3. The maximum absolute atomic E-state index is 10.4. The number of nitrogens with zero attached hydrogens (tertiary/aromatic N) is 1. The Kier molecular flexibility index (Phi) is 26.6. The number of rotatable bonds is 12. The van der Waals surface area contributed by atoms with Gasteiger partial charge in [-0.1, -0.05) is 98.6 Å². The second-order valence-electron chi connectivity index (χ2n) is 7.36. The lowest BCUT2D eigenvalue weighted by atomic mass is 9.95. The molecular weight excluding hydrogens is 314 g/mol. The van der Waals surface area contributed by atoms with Crippen LogP contribution >= 0.6 is 0 Å². The maximum Gasteiger partial charge on any atom is 0.306 e. The van der Waals surface area contributed by atoms with Crippen molar-refractivity contribution in [2.24, 2.45) is 22.9 Å². The monoisotopic (exact) mass is 359 g/mol. The van der Waals surface area contributed by atoms with E-state index in [1.54, 1.807) is 6.92 Å². The topological polar surface area (TPSA) is 66.7 Å². The molecule has 1 unspecified atom stereocenters. The van der Waals surface area contributed by atoms with Crippen molar-refractivity contribution in [3.8, 4) is 0 Å². The lowest BCUT2D eigenvalue weighted by molar-refractivity contribution is -0.141. The smallest absolute Gasteiger partial charge is 0.306 e. The van der Waals surface area contributed by atoms with Crippen molar-refractivity contribution in [2.45, 2.75) is 106 Å². The lowest BCUT2D eigenvalue weighted by Gasteiger charge is -2.11. The Labute approximate surface area is 157 Å².